The van der Waals surface area contributed by atoms with Crippen molar-refractivity contribution in [2.24, 2.45) is 5.73 Å². The Bertz CT molecular complexity index is 645. The van der Waals surface area contributed by atoms with Crippen molar-refractivity contribution in [1.82, 2.24) is 10.2 Å². The van der Waals surface area contributed by atoms with Gasteiger partial charge in [0.1, 0.15) is 0 Å². The van der Waals surface area contributed by atoms with Crippen molar-refractivity contribution in [2.75, 3.05) is 5.32 Å². The van der Waals surface area contributed by atoms with Gasteiger partial charge in [-0.05, 0) is 0 Å². The van der Waals surface area contributed by atoms with Crippen LogP contribution in [0.2, 0.25) is 0 Å². The number of aromatic amines is 1. The summed E-state index contributed by atoms with van der Waals surface area (Å²) in [5, 5.41) is 8.93. The number of benzene rings is 1. The molecule has 84 valence electrons. The first kappa shape index (κ1) is 9.59. The third kappa shape index (κ3) is 1.24. The second-order valence-corrected chi connectivity index (χ2v) is 3.69. The fourth-order valence-electron chi connectivity index (χ4n) is 2.00. The smallest absolute Gasteiger partial charge is 0.317 e. The Balaban J connectivity index is 2.19. The minimum Gasteiger partial charge on any atom is -0.351 e. The highest BCUT2D eigenvalue weighted by Gasteiger charge is 2.32. The van der Waals surface area contributed by atoms with Gasteiger partial charge >= 0.3 is 6.03 Å². The van der Waals surface area contributed by atoms with Gasteiger partial charge in [0, 0.05) is 11.1 Å². The van der Waals surface area contributed by atoms with Crippen LogP contribution in [0.1, 0.15) is 15.9 Å². The first-order valence-electron chi connectivity index (χ1n) is 4.97. The molecule has 6 heteroatoms. The van der Waals surface area contributed by atoms with E-state index in [9.17, 15) is 9.59 Å². The normalized spacial score (nSPS) is 12.1. The van der Waals surface area contributed by atoms with Gasteiger partial charge in [-0.3, -0.25) is 15.2 Å². The third-order valence-electron chi connectivity index (χ3n) is 2.68. The van der Waals surface area contributed by atoms with Crippen LogP contribution in [0.5, 0.6) is 0 Å². The monoisotopic (exact) mass is 228 g/mol. The van der Waals surface area contributed by atoms with Gasteiger partial charge in [-0.15, -0.1) is 0 Å². The summed E-state index contributed by atoms with van der Waals surface area (Å²) in [7, 11) is 0. The average Bonchev–Trinajstić information content (AvgIpc) is 2.81. The van der Waals surface area contributed by atoms with E-state index in [1.54, 1.807) is 12.1 Å². The van der Waals surface area contributed by atoms with Crippen molar-refractivity contribution < 1.29 is 9.59 Å². The number of primary amides is 1. The van der Waals surface area contributed by atoms with Crippen LogP contribution >= 0.6 is 0 Å². The Morgan fingerprint density at radius 2 is 2.00 bits per heavy atom. The van der Waals surface area contributed by atoms with Crippen molar-refractivity contribution in [1.29, 1.82) is 0 Å². The van der Waals surface area contributed by atoms with Crippen molar-refractivity contribution in [3.05, 3.63) is 35.4 Å². The van der Waals surface area contributed by atoms with Crippen molar-refractivity contribution in [3.63, 3.8) is 0 Å². The van der Waals surface area contributed by atoms with Crippen LogP contribution in [0, 0.1) is 0 Å². The van der Waals surface area contributed by atoms with Gasteiger partial charge in [-0.1, -0.05) is 24.3 Å². The molecular weight excluding hydrogens is 220 g/mol. The van der Waals surface area contributed by atoms with Gasteiger partial charge in [0.05, 0.1) is 11.3 Å². The molecule has 0 spiro atoms. The number of rotatable bonds is 1. The molecule has 1 aliphatic carbocycles. The average molecular weight is 228 g/mol. The van der Waals surface area contributed by atoms with Gasteiger partial charge in [0.15, 0.2) is 11.6 Å². The Labute approximate surface area is 95.8 Å². The van der Waals surface area contributed by atoms with E-state index in [1.165, 1.54) is 0 Å². The summed E-state index contributed by atoms with van der Waals surface area (Å²) in [4.78, 5) is 22.9. The summed E-state index contributed by atoms with van der Waals surface area (Å²) < 4.78 is 0. The molecule has 0 unspecified atom stereocenters. The number of amides is 2. The second kappa shape index (κ2) is 3.18. The molecule has 0 saturated heterocycles. The number of nitrogens with zero attached hydrogens (tertiary/aromatic N) is 1. The van der Waals surface area contributed by atoms with Crippen molar-refractivity contribution >= 4 is 17.6 Å². The van der Waals surface area contributed by atoms with Crippen LogP contribution in [0.4, 0.5) is 10.6 Å². The molecule has 4 N–H and O–H groups in total. The highest BCUT2D eigenvalue weighted by molar-refractivity contribution is 6.24. The van der Waals surface area contributed by atoms with Crippen LogP contribution in [-0.2, 0) is 0 Å². The zero-order valence-corrected chi connectivity index (χ0v) is 8.65. The lowest BCUT2D eigenvalue weighted by molar-refractivity contribution is 0.104. The number of H-pyrrole nitrogens is 1. The fraction of sp³-hybridized carbons (Fsp3) is 0. The topological polar surface area (TPSA) is 101 Å². The molecule has 0 atom stereocenters. The van der Waals surface area contributed by atoms with Gasteiger partial charge < -0.3 is 5.73 Å². The van der Waals surface area contributed by atoms with Crippen LogP contribution < -0.4 is 11.1 Å². The zero-order valence-electron chi connectivity index (χ0n) is 8.65. The number of urea groups is 1. The van der Waals surface area contributed by atoms with Gasteiger partial charge in [-0.25, -0.2) is 4.79 Å². The molecule has 0 fully saturated rings. The summed E-state index contributed by atoms with van der Waals surface area (Å²) in [5.41, 5.74) is 7.39. The van der Waals surface area contributed by atoms with E-state index < -0.39 is 6.03 Å². The molecule has 0 radical (unpaired) electrons. The maximum absolute atomic E-state index is 12.1. The Kier molecular flexibility index (Phi) is 1.79. The van der Waals surface area contributed by atoms with E-state index >= 15 is 0 Å². The summed E-state index contributed by atoms with van der Waals surface area (Å²) in [6.45, 7) is 0. The van der Waals surface area contributed by atoms with Crippen LogP contribution in [0.3, 0.4) is 0 Å². The maximum atomic E-state index is 12.1. The number of ketones is 1. The highest BCUT2D eigenvalue weighted by Crippen LogP contribution is 2.38. The van der Waals surface area contributed by atoms with Gasteiger partial charge in [0.25, 0.3) is 0 Å². The fourth-order valence-corrected chi connectivity index (χ4v) is 2.00. The number of nitrogens with two attached hydrogens (primary N) is 1. The lowest BCUT2D eigenvalue weighted by Gasteiger charge is -1.98. The van der Waals surface area contributed by atoms with Crippen LogP contribution in [-0.4, -0.2) is 22.0 Å². The largest absolute Gasteiger partial charge is 0.351 e. The molecule has 6 nitrogen and oxygen atoms in total. The zero-order chi connectivity index (χ0) is 12.0. The van der Waals surface area contributed by atoms with E-state index in [-0.39, 0.29) is 11.6 Å². The first-order chi connectivity index (χ1) is 8.18. The lowest BCUT2D eigenvalue weighted by atomic mass is 10.1. The molecule has 2 aromatic rings. The van der Waals surface area contributed by atoms with Crippen LogP contribution in [0.15, 0.2) is 24.3 Å². The number of carbonyl (C=O) groups is 2. The maximum Gasteiger partial charge on any atom is 0.317 e. The van der Waals surface area contributed by atoms with Crippen molar-refractivity contribution in [2.45, 2.75) is 0 Å². The number of fused-ring (bicyclic) bond motifs is 3. The van der Waals surface area contributed by atoms with Gasteiger partial charge in [0.2, 0.25) is 0 Å². The minimum absolute atomic E-state index is 0.159. The summed E-state index contributed by atoms with van der Waals surface area (Å²) >= 11 is 0. The minimum atomic E-state index is -0.747. The highest BCUT2D eigenvalue weighted by atomic mass is 16.2. The summed E-state index contributed by atoms with van der Waals surface area (Å²) in [6.07, 6.45) is 0. The predicted octanol–water partition coefficient (Wildman–Crippen LogP) is 1.11. The molecule has 1 heterocycles. The Hall–Kier alpha value is -2.63. The number of hydrogen-bond donors (Lipinski definition) is 3. The summed E-state index contributed by atoms with van der Waals surface area (Å²) in [6, 6.07) is 6.44. The van der Waals surface area contributed by atoms with E-state index in [1.807, 2.05) is 12.1 Å². The number of carbonyl (C=O) groups excluding carboxylic acids is 2. The second-order valence-electron chi connectivity index (χ2n) is 3.69. The summed E-state index contributed by atoms with van der Waals surface area (Å²) in [5.74, 6) is 0.0156. The lowest BCUT2D eigenvalue weighted by Crippen LogP contribution is -2.20. The molecule has 0 aliphatic heterocycles. The molecule has 1 aliphatic rings. The van der Waals surface area contributed by atoms with E-state index in [2.05, 4.69) is 15.5 Å². The van der Waals surface area contributed by atoms with E-state index in [4.69, 9.17) is 5.73 Å². The molecule has 1 aromatic heterocycles. The molecule has 1 aromatic carbocycles. The van der Waals surface area contributed by atoms with E-state index in [0.717, 1.165) is 5.56 Å². The number of anilines is 1. The predicted molar refractivity (Wildman–Crippen MR) is 60.7 cm³/mol. The van der Waals surface area contributed by atoms with E-state index in [0.29, 0.717) is 16.8 Å². The number of nitrogens with one attached hydrogen (secondary N) is 2. The van der Waals surface area contributed by atoms with Crippen LogP contribution in [0.25, 0.3) is 11.3 Å². The first-order valence-corrected chi connectivity index (χ1v) is 4.97. The quantitative estimate of drug-likeness (QED) is 0.581. The number of hydrogen-bond acceptors (Lipinski definition) is 3. The molecular formula is C11H8N4O2. The Morgan fingerprint density at radius 1 is 1.29 bits per heavy atom. The Morgan fingerprint density at radius 3 is 2.71 bits per heavy atom. The number of aromatic nitrogens is 2. The standard InChI is InChI=1S/C11H8N4O2/c12-11(17)13-10-7-8(14-15-10)5-3-1-2-4-6(5)9(7)16/h1-4H,(H4,12,13,14,15,17). The molecule has 17 heavy (non-hydrogen) atoms. The molecule has 2 amide bonds. The van der Waals surface area contributed by atoms with Gasteiger partial charge in [-0.2, -0.15) is 5.10 Å². The molecule has 0 bridgehead atoms. The third-order valence-corrected chi connectivity index (χ3v) is 2.68. The van der Waals surface area contributed by atoms with Crippen molar-refractivity contribution in [3.8, 4) is 11.3 Å². The molecule has 3 rings (SSSR count). The molecule has 0 saturated carbocycles. The SMILES string of the molecule is NC(=O)Nc1n[nH]c2c1C(=O)c1ccccc1-2.